The van der Waals surface area contributed by atoms with Crippen molar-refractivity contribution in [2.45, 2.75) is 20.5 Å². The molecule has 0 N–H and O–H groups in total. The quantitative estimate of drug-likeness (QED) is 0.582. The van der Waals surface area contributed by atoms with E-state index in [0.29, 0.717) is 17.7 Å². The number of carbonyl (C=O) groups is 1. The highest BCUT2D eigenvalue weighted by Crippen LogP contribution is 2.27. The van der Waals surface area contributed by atoms with Gasteiger partial charge in [0.1, 0.15) is 6.61 Å². The minimum absolute atomic E-state index is 0.311. The van der Waals surface area contributed by atoms with Gasteiger partial charge in [-0.25, -0.2) is 4.79 Å². The van der Waals surface area contributed by atoms with Crippen LogP contribution >= 0.6 is 0 Å². The van der Waals surface area contributed by atoms with Gasteiger partial charge in [-0.3, -0.25) is 0 Å². The van der Waals surface area contributed by atoms with Crippen LogP contribution < -0.4 is 0 Å². The van der Waals surface area contributed by atoms with Crippen LogP contribution in [0.25, 0.3) is 0 Å². The number of aryl methyl sites for hydroxylation is 1. The molecule has 1 heterocycles. The van der Waals surface area contributed by atoms with Crippen LogP contribution in [0.2, 0.25) is 0 Å². The highest BCUT2D eigenvalue weighted by molar-refractivity contribution is 5.95. The van der Waals surface area contributed by atoms with E-state index < -0.39 is 0 Å². The third-order valence-corrected chi connectivity index (χ3v) is 2.53. The average molecular weight is 187 g/mol. The second kappa shape index (κ2) is 2.85. The van der Waals surface area contributed by atoms with Crippen LogP contribution in [0.5, 0.6) is 0 Å². The molecule has 1 aromatic rings. The second-order valence-corrected chi connectivity index (χ2v) is 3.42. The summed E-state index contributed by atoms with van der Waals surface area (Å²) in [5.74, 6) is -0.311. The molecule has 0 saturated carbocycles. The first-order valence-electron chi connectivity index (χ1n) is 4.35. The second-order valence-electron chi connectivity index (χ2n) is 3.42. The van der Waals surface area contributed by atoms with Crippen molar-refractivity contribution in [1.82, 2.24) is 0 Å². The lowest BCUT2D eigenvalue weighted by Crippen LogP contribution is -2.01. The fourth-order valence-electron chi connectivity index (χ4n) is 1.85. The molecule has 1 aromatic carbocycles. The molecule has 3 nitrogen and oxygen atoms in total. The monoisotopic (exact) mass is 187 g/mol. The van der Waals surface area contributed by atoms with E-state index in [9.17, 15) is 4.79 Å². The molecular formula is C11H9NO2. The van der Waals surface area contributed by atoms with Crippen LogP contribution in [-0.4, -0.2) is 5.97 Å². The van der Waals surface area contributed by atoms with Gasteiger partial charge in [0.2, 0.25) is 0 Å². The first-order chi connectivity index (χ1) is 6.65. The van der Waals surface area contributed by atoms with E-state index in [-0.39, 0.29) is 5.97 Å². The predicted molar refractivity (Wildman–Crippen MR) is 49.8 cm³/mol. The predicted octanol–water partition coefficient (Wildman–Crippen LogP) is 1.85. The first kappa shape index (κ1) is 8.76. The van der Waals surface area contributed by atoms with Crippen LogP contribution in [0.1, 0.15) is 32.6 Å². The smallest absolute Gasteiger partial charge is 0.339 e. The Bertz CT molecular complexity index is 469. The minimum Gasteiger partial charge on any atom is -0.457 e. The molecule has 14 heavy (non-hydrogen) atoms. The van der Waals surface area contributed by atoms with Crippen molar-refractivity contribution in [2.24, 2.45) is 0 Å². The van der Waals surface area contributed by atoms with Gasteiger partial charge in [0.05, 0.1) is 17.2 Å². The number of rotatable bonds is 0. The highest BCUT2D eigenvalue weighted by Gasteiger charge is 2.25. The van der Waals surface area contributed by atoms with Gasteiger partial charge in [0.15, 0.2) is 0 Å². The highest BCUT2D eigenvalue weighted by atomic mass is 16.5. The zero-order valence-corrected chi connectivity index (χ0v) is 8.05. The maximum Gasteiger partial charge on any atom is 0.339 e. The van der Waals surface area contributed by atoms with E-state index in [2.05, 4.69) is 6.07 Å². The van der Waals surface area contributed by atoms with Crippen molar-refractivity contribution in [3.63, 3.8) is 0 Å². The van der Waals surface area contributed by atoms with Crippen LogP contribution in [0, 0.1) is 25.2 Å². The van der Waals surface area contributed by atoms with Crippen molar-refractivity contribution in [3.8, 4) is 6.07 Å². The van der Waals surface area contributed by atoms with Crippen LogP contribution in [0.3, 0.4) is 0 Å². The molecule has 0 spiro atoms. The molecule has 0 bridgehead atoms. The van der Waals surface area contributed by atoms with Crippen molar-refractivity contribution < 1.29 is 9.53 Å². The lowest BCUT2D eigenvalue weighted by atomic mass is 9.95. The van der Waals surface area contributed by atoms with Gasteiger partial charge in [-0.1, -0.05) is 6.07 Å². The minimum atomic E-state index is -0.311. The molecule has 0 atom stereocenters. The van der Waals surface area contributed by atoms with Gasteiger partial charge < -0.3 is 4.74 Å². The van der Waals surface area contributed by atoms with Crippen LogP contribution in [0.15, 0.2) is 6.07 Å². The molecule has 0 fully saturated rings. The van der Waals surface area contributed by atoms with Crippen molar-refractivity contribution in [3.05, 3.63) is 33.9 Å². The number of carbonyl (C=O) groups excluding carboxylic acids is 1. The molecule has 1 aliphatic heterocycles. The Morgan fingerprint density at radius 3 is 2.86 bits per heavy atom. The molecule has 0 amide bonds. The summed E-state index contributed by atoms with van der Waals surface area (Å²) in [5, 5.41) is 8.91. The number of fused-ring (bicyclic) bond motifs is 1. The fraction of sp³-hybridized carbons (Fsp3) is 0.273. The topological polar surface area (TPSA) is 50.1 Å². The van der Waals surface area contributed by atoms with Gasteiger partial charge >= 0.3 is 5.97 Å². The van der Waals surface area contributed by atoms with Gasteiger partial charge in [0, 0.05) is 5.56 Å². The summed E-state index contributed by atoms with van der Waals surface area (Å²) < 4.78 is 4.91. The Hall–Kier alpha value is -1.82. The molecule has 2 rings (SSSR count). The first-order valence-corrected chi connectivity index (χ1v) is 4.35. The summed E-state index contributed by atoms with van der Waals surface area (Å²) in [4.78, 5) is 11.3. The Kier molecular flexibility index (Phi) is 1.78. The summed E-state index contributed by atoms with van der Waals surface area (Å²) in [6.07, 6.45) is 0. The maximum absolute atomic E-state index is 11.3. The zero-order valence-electron chi connectivity index (χ0n) is 8.05. The molecule has 3 heteroatoms. The average Bonchev–Trinajstić information content (AvgIpc) is 2.48. The number of benzene rings is 1. The van der Waals surface area contributed by atoms with Gasteiger partial charge in [-0.05, 0) is 25.0 Å². The SMILES string of the molecule is Cc1cc2c(c(C)c1C#N)C(=O)OC2. The van der Waals surface area contributed by atoms with Gasteiger partial charge in [-0.2, -0.15) is 5.26 Å². The van der Waals surface area contributed by atoms with E-state index in [1.165, 1.54) is 0 Å². The number of nitriles is 1. The van der Waals surface area contributed by atoms with E-state index in [4.69, 9.17) is 10.00 Å². The standard InChI is InChI=1S/C11H9NO2/c1-6-3-8-5-14-11(13)10(8)7(2)9(6)4-12/h3H,5H2,1-2H3. The number of hydrogen-bond donors (Lipinski definition) is 0. The number of cyclic esters (lactones) is 1. The summed E-state index contributed by atoms with van der Waals surface area (Å²) >= 11 is 0. The molecule has 1 aliphatic rings. The number of esters is 1. The van der Waals surface area contributed by atoms with Crippen molar-refractivity contribution >= 4 is 5.97 Å². The third kappa shape index (κ3) is 1.01. The van der Waals surface area contributed by atoms with Crippen LogP contribution in [-0.2, 0) is 11.3 Å². The Morgan fingerprint density at radius 2 is 2.21 bits per heavy atom. The summed E-state index contributed by atoms with van der Waals surface area (Å²) in [6, 6.07) is 3.96. The fourth-order valence-corrected chi connectivity index (χ4v) is 1.85. The van der Waals surface area contributed by atoms with Crippen molar-refractivity contribution in [2.75, 3.05) is 0 Å². The Labute approximate surface area is 81.9 Å². The molecule has 0 radical (unpaired) electrons. The lowest BCUT2D eigenvalue weighted by Gasteiger charge is -2.05. The normalized spacial score (nSPS) is 13.4. The zero-order chi connectivity index (χ0) is 10.3. The molecule has 70 valence electrons. The van der Waals surface area contributed by atoms with Crippen molar-refractivity contribution in [1.29, 1.82) is 5.26 Å². The molecular weight excluding hydrogens is 178 g/mol. The number of nitrogens with zero attached hydrogens (tertiary/aromatic N) is 1. The summed E-state index contributed by atoms with van der Waals surface area (Å²) in [6.45, 7) is 3.99. The number of hydrogen-bond acceptors (Lipinski definition) is 3. The van der Waals surface area contributed by atoms with Gasteiger partial charge in [0.25, 0.3) is 0 Å². The lowest BCUT2D eigenvalue weighted by molar-refractivity contribution is 0.0534. The molecule has 0 aromatic heterocycles. The summed E-state index contributed by atoms with van der Waals surface area (Å²) in [5.41, 5.74) is 3.70. The Morgan fingerprint density at radius 1 is 1.50 bits per heavy atom. The van der Waals surface area contributed by atoms with E-state index >= 15 is 0 Å². The largest absolute Gasteiger partial charge is 0.457 e. The van der Waals surface area contributed by atoms with E-state index in [1.807, 2.05) is 13.0 Å². The molecule has 0 unspecified atom stereocenters. The Balaban J connectivity index is 2.78. The van der Waals surface area contributed by atoms with E-state index in [0.717, 1.165) is 16.7 Å². The molecule has 0 saturated heterocycles. The summed E-state index contributed by atoms with van der Waals surface area (Å²) in [7, 11) is 0. The molecule has 0 aliphatic carbocycles. The number of ether oxygens (including phenoxy) is 1. The maximum atomic E-state index is 11.3. The van der Waals surface area contributed by atoms with E-state index in [1.54, 1.807) is 6.92 Å². The van der Waals surface area contributed by atoms with Gasteiger partial charge in [-0.15, -0.1) is 0 Å². The third-order valence-electron chi connectivity index (χ3n) is 2.53. The van der Waals surface area contributed by atoms with Crippen LogP contribution in [0.4, 0.5) is 0 Å².